The smallest absolute Gasteiger partial charge is 0.152 e. The monoisotopic (exact) mass is 326 g/mol. The van der Waals surface area contributed by atoms with Crippen molar-refractivity contribution in [3.05, 3.63) is 35.0 Å². The number of para-hydroxylation sites is 1. The van der Waals surface area contributed by atoms with Gasteiger partial charge < -0.3 is 4.42 Å². The molecule has 2 atom stereocenters. The zero-order valence-corrected chi connectivity index (χ0v) is 12.5. The SMILES string of the molecule is Clc1cccc2cc(C3CCCCC(Br)C3)oc12. The Balaban J connectivity index is 1.95. The number of alkyl halides is 1. The summed E-state index contributed by atoms with van der Waals surface area (Å²) in [6, 6.07) is 8.09. The minimum absolute atomic E-state index is 0.528. The normalized spacial score (nSPS) is 25.2. The van der Waals surface area contributed by atoms with Crippen molar-refractivity contribution in [3.63, 3.8) is 0 Å². The lowest BCUT2D eigenvalue weighted by Gasteiger charge is -2.13. The predicted molar refractivity (Wildman–Crippen MR) is 79.8 cm³/mol. The summed E-state index contributed by atoms with van der Waals surface area (Å²) in [6.07, 6.45) is 6.26. The molecule has 1 fully saturated rings. The molecule has 2 unspecified atom stereocenters. The molecule has 0 N–H and O–H groups in total. The molecule has 0 spiro atoms. The van der Waals surface area contributed by atoms with E-state index in [-0.39, 0.29) is 0 Å². The molecule has 1 aromatic carbocycles. The van der Waals surface area contributed by atoms with Crippen LogP contribution in [0.5, 0.6) is 0 Å². The fraction of sp³-hybridized carbons (Fsp3) is 0.467. The van der Waals surface area contributed by atoms with Crippen molar-refractivity contribution in [2.75, 3.05) is 0 Å². The Labute approximate surface area is 121 Å². The molecule has 1 aliphatic rings. The van der Waals surface area contributed by atoms with E-state index < -0.39 is 0 Å². The van der Waals surface area contributed by atoms with E-state index in [1.807, 2.05) is 12.1 Å². The largest absolute Gasteiger partial charge is 0.459 e. The molecule has 0 amide bonds. The van der Waals surface area contributed by atoms with Crippen molar-refractivity contribution in [1.29, 1.82) is 0 Å². The summed E-state index contributed by atoms with van der Waals surface area (Å²) in [5.74, 6) is 1.63. The van der Waals surface area contributed by atoms with Crippen LogP contribution in [0.2, 0.25) is 5.02 Å². The van der Waals surface area contributed by atoms with E-state index >= 15 is 0 Å². The molecule has 0 saturated heterocycles. The molecular weight excluding hydrogens is 312 g/mol. The van der Waals surface area contributed by atoms with E-state index in [2.05, 4.69) is 28.1 Å². The topological polar surface area (TPSA) is 13.1 Å². The highest BCUT2D eigenvalue weighted by Gasteiger charge is 2.23. The number of furan rings is 1. The molecule has 1 saturated carbocycles. The van der Waals surface area contributed by atoms with Crippen LogP contribution in [0.3, 0.4) is 0 Å². The average Bonchev–Trinajstić information content (AvgIpc) is 2.67. The average molecular weight is 328 g/mol. The van der Waals surface area contributed by atoms with Crippen LogP contribution in [-0.4, -0.2) is 4.83 Å². The molecular formula is C15H16BrClO. The lowest BCUT2D eigenvalue weighted by atomic mass is 9.97. The summed E-state index contributed by atoms with van der Waals surface area (Å²) in [6.45, 7) is 0. The first kappa shape index (κ1) is 12.6. The van der Waals surface area contributed by atoms with Gasteiger partial charge >= 0.3 is 0 Å². The van der Waals surface area contributed by atoms with Crippen LogP contribution in [0, 0.1) is 0 Å². The standard InChI is InChI=1S/C15H16BrClO/c16-12-6-2-1-4-10(8-12)14-9-11-5-3-7-13(17)15(11)18-14/h3,5,7,9-10,12H,1-2,4,6,8H2. The van der Waals surface area contributed by atoms with Gasteiger partial charge in [-0.1, -0.05) is 52.5 Å². The van der Waals surface area contributed by atoms with Gasteiger partial charge in [0.1, 0.15) is 5.76 Å². The molecule has 1 aromatic heterocycles. The molecule has 0 bridgehead atoms. The highest BCUT2D eigenvalue weighted by atomic mass is 79.9. The van der Waals surface area contributed by atoms with E-state index in [0.717, 1.165) is 23.2 Å². The van der Waals surface area contributed by atoms with Crippen molar-refractivity contribution < 1.29 is 4.42 Å². The van der Waals surface area contributed by atoms with Crippen molar-refractivity contribution in [2.45, 2.75) is 42.8 Å². The van der Waals surface area contributed by atoms with E-state index in [0.29, 0.717) is 15.8 Å². The first-order valence-electron chi connectivity index (χ1n) is 6.56. The van der Waals surface area contributed by atoms with Crippen LogP contribution >= 0.6 is 27.5 Å². The van der Waals surface area contributed by atoms with E-state index in [1.165, 1.54) is 25.7 Å². The Hall–Kier alpha value is -0.470. The molecule has 2 aromatic rings. The molecule has 1 aliphatic carbocycles. The van der Waals surface area contributed by atoms with Crippen molar-refractivity contribution in [3.8, 4) is 0 Å². The Bertz CT molecular complexity index is 548. The molecule has 1 nitrogen and oxygen atoms in total. The minimum Gasteiger partial charge on any atom is -0.459 e. The molecule has 1 heterocycles. The number of hydrogen-bond donors (Lipinski definition) is 0. The van der Waals surface area contributed by atoms with Gasteiger partial charge in [0, 0.05) is 16.1 Å². The summed E-state index contributed by atoms with van der Waals surface area (Å²) in [5, 5.41) is 1.83. The van der Waals surface area contributed by atoms with Crippen LogP contribution in [0.1, 0.15) is 43.8 Å². The minimum atomic E-state index is 0.528. The van der Waals surface area contributed by atoms with Gasteiger partial charge in [0.15, 0.2) is 5.58 Å². The Morgan fingerprint density at radius 1 is 1.22 bits per heavy atom. The highest BCUT2D eigenvalue weighted by Crippen LogP contribution is 2.38. The maximum Gasteiger partial charge on any atom is 0.152 e. The third kappa shape index (κ3) is 2.46. The van der Waals surface area contributed by atoms with E-state index in [1.54, 1.807) is 0 Å². The van der Waals surface area contributed by atoms with Crippen molar-refractivity contribution >= 4 is 38.5 Å². The second-order valence-electron chi connectivity index (χ2n) is 5.12. The summed E-state index contributed by atoms with van der Waals surface area (Å²) in [7, 11) is 0. The molecule has 0 aliphatic heterocycles. The van der Waals surface area contributed by atoms with Crippen molar-refractivity contribution in [2.24, 2.45) is 0 Å². The van der Waals surface area contributed by atoms with Gasteiger partial charge in [0.2, 0.25) is 0 Å². The summed E-state index contributed by atoms with van der Waals surface area (Å²) in [4.78, 5) is 0.619. The first-order valence-corrected chi connectivity index (χ1v) is 7.85. The third-order valence-electron chi connectivity index (χ3n) is 3.78. The van der Waals surface area contributed by atoms with Crippen LogP contribution in [0.25, 0.3) is 11.0 Å². The van der Waals surface area contributed by atoms with Gasteiger partial charge in [-0.2, -0.15) is 0 Å². The summed E-state index contributed by atoms with van der Waals surface area (Å²) >= 11 is 9.93. The zero-order valence-electron chi connectivity index (χ0n) is 10.2. The number of benzene rings is 1. The predicted octanol–water partition coefficient (Wildman–Crippen LogP) is 5.90. The van der Waals surface area contributed by atoms with Gasteiger partial charge in [0.25, 0.3) is 0 Å². The molecule has 96 valence electrons. The Morgan fingerprint density at radius 2 is 2.06 bits per heavy atom. The van der Waals surface area contributed by atoms with Gasteiger partial charge in [-0.05, 0) is 31.4 Å². The Morgan fingerprint density at radius 3 is 2.89 bits per heavy atom. The maximum atomic E-state index is 6.17. The fourth-order valence-corrected chi connectivity index (χ4v) is 3.80. The first-order chi connectivity index (χ1) is 8.74. The second kappa shape index (κ2) is 5.26. The van der Waals surface area contributed by atoms with Gasteiger partial charge in [-0.25, -0.2) is 0 Å². The van der Waals surface area contributed by atoms with Gasteiger partial charge in [-0.3, -0.25) is 0 Å². The van der Waals surface area contributed by atoms with Crippen molar-refractivity contribution in [1.82, 2.24) is 0 Å². The van der Waals surface area contributed by atoms with Crippen LogP contribution in [0.4, 0.5) is 0 Å². The zero-order chi connectivity index (χ0) is 12.5. The van der Waals surface area contributed by atoms with Crippen LogP contribution in [0.15, 0.2) is 28.7 Å². The summed E-state index contributed by atoms with van der Waals surface area (Å²) in [5.41, 5.74) is 0.838. The fourth-order valence-electron chi connectivity index (χ4n) is 2.81. The highest BCUT2D eigenvalue weighted by molar-refractivity contribution is 9.09. The van der Waals surface area contributed by atoms with E-state index in [9.17, 15) is 0 Å². The molecule has 18 heavy (non-hydrogen) atoms. The maximum absolute atomic E-state index is 6.17. The van der Waals surface area contributed by atoms with Gasteiger partial charge in [0.05, 0.1) is 5.02 Å². The molecule has 3 heteroatoms. The lowest BCUT2D eigenvalue weighted by molar-refractivity contribution is 0.459. The van der Waals surface area contributed by atoms with Gasteiger partial charge in [-0.15, -0.1) is 0 Å². The van der Waals surface area contributed by atoms with Crippen LogP contribution in [-0.2, 0) is 0 Å². The number of fused-ring (bicyclic) bond motifs is 1. The number of hydrogen-bond acceptors (Lipinski definition) is 1. The van der Waals surface area contributed by atoms with Crippen LogP contribution < -0.4 is 0 Å². The molecule has 3 rings (SSSR count). The lowest BCUT2D eigenvalue weighted by Crippen LogP contribution is -2.02. The second-order valence-corrected chi connectivity index (χ2v) is 6.82. The quantitative estimate of drug-likeness (QED) is 0.469. The molecule has 0 radical (unpaired) electrons. The number of rotatable bonds is 1. The Kier molecular flexibility index (Phi) is 3.67. The number of halogens is 2. The van der Waals surface area contributed by atoms with E-state index in [4.69, 9.17) is 16.0 Å². The third-order valence-corrected chi connectivity index (χ3v) is 4.91. The summed E-state index contributed by atoms with van der Waals surface area (Å²) < 4.78 is 5.99.